The molecule has 0 aliphatic rings. The van der Waals surface area contributed by atoms with Crippen molar-refractivity contribution in [2.24, 2.45) is 0 Å². The van der Waals surface area contributed by atoms with E-state index >= 15 is 0 Å². The van der Waals surface area contributed by atoms with E-state index in [0.29, 0.717) is 6.26 Å². The van der Waals surface area contributed by atoms with E-state index in [1.54, 1.807) is 0 Å². The minimum Gasteiger partial charge on any atom is -0.403 e. The molecule has 0 amide bonds. The van der Waals surface area contributed by atoms with Crippen LogP contribution < -0.4 is 0 Å². The molecule has 1 unspecified atom stereocenters. The monoisotopic (exact) mass is 230 g/mol. The van der Waals surface area contributed by atoms with Crippen molar-refractivity contribution in [3.05, 3.63) is 18.6 Å². The summed E-state index contributed by atoms with van der Waals surface area (Å²) >= 11 is 0. The SMILES string of the molecule is C=C=COP(=O)(OC)OP(=O)(O)O. The molecule has 0 fully saturated rings. The molecule has 0 rings (SSSR count). The van der Waals surface area contributed by atoms with Crippen LogP contribution in [0.5, 0.6) is 0 Å². The molecule has 0 saturated heterocycles. The molecule has 0 aromatic rings. The molecule has 0 aromatic heterocycles. The standard InChI is InChI=1S/C4H8O7P2/c1-3-4-10-13(8,9-2)11-12(5,6)7/h4H,1H2,2H3,(H2,5,6,7). The topological polar surface area (TPSA) is 102 Å². The number of rotatable bonds is 5. The fourth-order valence-electron chi connectivity index (χ4n) is 0.328. The molecular formula is C4H8O7P2. The largest absolute Gasteiger partial charge is 0.538 e. The molecule has 0 heterocycles. The Balaban J connectivity index is 4.56. The van der Waals surface area contributed by atoms with Gasteiger partial charge in [-0.3, -0.25) is 4.52 Å². The maximum absolute atomic E-state index is 11.1. The zero-order valence-electron chi connectivity index (χ0n) is 6.61. The summed E-state index contributed by atoms with van der Waals surface area (Å²) < 4.78 is 33.5. The fourth-order valence-corrected chi connectivity index (χ4v) is 2.08. The molecule has 7 nitrogen and oxygen atoms in total. The van der Waals surface area contributed by atoms with Crippen LogP contribution in [0.15, 0.2) is 18.6 Å². The summed E-state index contributed by atoms with van der Waals surface area (Å²) in [7, 11) is -8.27. The molecule has 0 spiro atoms. The van der Waals surface area contributed by atoms with Crippen molar-refractivity contribution in [1.29, 1.82) is 0 Å². The van der Waals surface area contributed by atoms with Gasteiger partial charge in [0.2, 0.25) is 0 Å². The molecule has 1 atom stereocenters. The molecule has 0 aromatic carbocycles. The van der Waals surface area contributed by atoms with Gasteiger partial charge in [0.15, 0.2) is 0 Å². The van der Waals surface area contributed by atoms with Crippen LogP contribution in [0.3, 0.4) is 0 Å². The molecule has 76 valence electrons. The Morgan fingerprint density at radius 3 is 2.31 bits per heavy atom. The maximum atomic E-state index is 11.1. The smallest absolute Gasteiger partial charge is 0.403 e. The van der Waals surface area contributed by atoms with Crippen molar-refractivity contribution in [3.63, 3.8) is 0 Å². The molecule has 0 saturated carbocycles. The fraction of sp³-hybridized carbons (Fsp3) is 0.250. The van der Waals surface area contributed by atoms with E-state index in [9.17, 15) is 9.13 Å². The van der Waals surface area contributed by atoms with Crippen LogP contribution in [-0.2, 0) is 22.5 Å². The van der Waals surface area contributed by atoms with Crippen molar-refractivity contribution >= 4 is 15.6 Å². The first-order chi connectivity index (χ1) is 5.83. The Labute approximate surface area is 74.5 Å². The lowest BCUT2D eigenvalue weighted by Crippen LogP contribution is -1.92. The van der Waals surface area contributed by atoms with Crippen LogP contribution in [0.1, 0.15) is 0 Å². The molecule has 9 heteroatoms. The van der Waals surface area contributed by atoms with Gasteiger partial charge >= 0.3 is 15.6 Å². The maximum Gasteiger partial charge on any atom is 0.538 e. The van der Waals surface area contributed by atoms with Crippen LogP contribution in [0.2, 0.25) is 0 Å². The summed E-state index contributed by atoms with van der Waals surface area (Å²) in [6.07, 6.45) is 0.708. The van der Waals surface area contributed by atoms with E-state index in [2.05, 4.69) is 25.7 Å². The highest BCUT2D eigenvalue weighted by molar-refractivity contribution is 7.61. The van der Waals surface area contributed by atoms with Crippen molar-refractivity contribution in [1.82, 2.24) is 0 Å². The number of hydrogen-bond donors (Lipinski definition) is 2. The average molecular weight is 230 g/mol. The molecule has 2 N–H and O–H groups in total. The van der Waals surface area contributed by atoms with Gasteiger partial charge in [0, 0.05) is 7.11 Å². The van der Waals surface area contributed by atoms with Gasteiger partial charge in [-0.15, -0.1) is 0 Å². The van der Waals surface area contributed by atoms with Crippen LogP contribution >= 0.6 is 15.6 Å². The Kier molecular flexibility index (Phi) is 4.61. The minimum absolute atomic E-state index is 0.708. The Bertz CT molecular complexity index is 298. The van der Waals surface area contributed by atoms with Crippen LogP contribution in [0, 0.1) is 0 Å². The van der Waals surface area contributed by atoms with Gasteiger partial charge < -0.3 is 14.3 Å². The summed E-state index contributed by atoms with van der Waals surface area (Å²) in [6.45, 7) is 3.06. The van der Waals surface area contributed by atoms with E-state index in [1.165, 1.54) is 0 Å². The minimum atomic E-state index is -4.93. The zero-order chi connectivity index (χ0) is 10.5. The quantitative estimate of drug-likeness (QED) is 0.415. The normalized spacial score (nSPS) is 15.6. The van der Waals surface area contributed by atoms with Gasteiger partial charge in [-0.1, -0.05) is 12.3 Å². The number of phosphoric ester groups is 1. The lowest BCUT2D eigenvalue weighted by molar-refractivity contribution is 0.195. The Morgan fingerprint density at radius 2 is 2.00 bits per heavy atom. The van der Waals surface area contributed by atoms with Crippen molar-refractivity contribution < 1.29 is 32.3 Å². The molecule has 13 heavy (non-hydrogen) atoms. The summed E-state index contributed by atoms with van der Waals surface area (Å²) in [5, 5.41) is 0. The summed E-state index contributed by atoms with van der Waals surface area (Å²) in [6, 6.07) is 0. The predicted molar refractivity (Wildman–Crippen MR) is 42.5 cm³/mol. The third-order valence-electron chi connectivity index (χ3n) is 0.695. The second-order valence-corrected chi connectivity index (χ2v) is 4.73. The number of hydrogen-bond acceptors (Lipinski definition) is 5. The number of phosphoric acid groups is 2. The molecule has 0 bridgehead atoms. The van der Waals surface area contributed by atoms with Crippen LogP contribution in [0.25, 0.3) is 0 Å². The third kappa shape index (κ3) is 5.80. The van der Waals surface area contributed by atoms with Gasteiger partial charge in [-0.05, 0) is 0 Å². The second-order valence-electron chi connectivity index (χ2n) is 1.63. The van der Waals surface area contributed by atoms with E-state index in [0.717, 1.165) is 7.11 Å². The highest BCUT2D eigenvalue weighted by Crippen LogP contribution is 2.60. The lowest BCUT2D eigenvalue weighted by atomic mass is 11.0. The van der Waals surface area contributed by atoms with Gasteiger partial charge in [0.25, 0.3) is 0 Å². The second kappa shape index (κ2) is 4.74. The molecular weight excluding hydrogens is 222 g/mol. The summed E-state index contributed by atoms with van der Waals surface area (Å²) in [5.74, 6) is 0. The Morgan fingerprint density at radius 1 is 1.46 bits per heavy atom. The van der Waals surface area contributed by atoms with Gasteiger partial charge in [0.05, 0.1) is 0 Å². The van der Waals surface area contributed by atoms with Crippen molar-refractivity contribution in [2.45, 2.75) is 0 Å². The van der Waals surface area contributed by atoms with Gasteiger partial charge in [-0.25, -0.2) is 9.13 Å². The van der Waals surface area contributed by atoms with Crippen molar-refractivity contribution in [3.8, 4) is 0 Å². The predicted octanol–water partition coefficient (Wildman–Crippen LogP) is 1.17. The summed E-state index contributed by atoms with van der Waals surface area (Å²) in [4.78, 5) is 16.6. The lowest BCUT2D eigenvalue weighted by Gasteiger charge is -2.13. The average Bonchev–Trinajstić information content (AvgIpc) is 1.98. The third-order valence-corrected chi connectivity index (χ3v) is 3.16. The highest BCUT2D eigenvalue weighted by Gasteiger charge is 2.35. The first kappa shape index (κ1) is 12.6. The van der Waals surface area contributed by atoms with E-state index in [4.69, 9.17) is 9.79 Å². The van der Waals surface area contributed by atoms with E-state index in [1.807, 2.05) is 0 Å². The van der Waals surface area contributed by atoms with Gasteiger partial charge in [0.1, 0.15) is 6.26 Å². The van der Waals surface area contributed by atoms with Crippen LogP contribution in [0.4, 0.5) is 0 Å². The van der Waals surface area contributed by atoms with E-state index < -0.39 is 15.6 Å². The van der Waals surface area contributed by atoms with Gasteiger partial charge in [-0.2, -0.15) is 4.31 Å². The molecule has 0 aliphatic heterocycles. The molecule has 0 aliphatic carbocycles. The first-order valence-corrected chi connectivity index (χ1v) is 5.77. The van der Waals surface area contributed by atoms with E-state index in [-0.39, 0.29) is 0 Å². The van der Waals surface area contributed by atoms with Crippen LogP contribution in [-0.4, -0.2) is 16.9 Å². The first-order valence-electron chi connectivity index (χ1n) is 2.78. The zero-order valence-corrected chi connectivity index (χ0v) is 8.40. The summed E-state index contributed by atoms with van der Waals surface area (Å²) in [5.41, 5.74) is 2.06. The van der Waals surface area contributed by atoms with Crippen molar-refractivity contribution in [2.75, 3.05) is 7.11 Å². The highest BCUT2D eigenvalue weighted by atomic mass is 31.3. The Hall–Kier alpha value is -0.380. The molecule has 0 radical (unpaired) electrons.